The smallest absolute Gasteiger partial charge is 0.0787 e. The largest absolute Gasteiger partial charge is 0.252 e. The van der Waals surface area contributed by atoms with E-state index < -0.39 is 0 Å². The average molecular weight is 406 g/mol. The van der Waals surface area contributed by atoms with Gasteiger partial charge >= 0.3 is 0 Å². The fraction of sp³-hybridized carbons (Fsp3) is 0.300. The summed E-state index contributed by atoms with van der Waals surface area (Å²) in [6.45, 7) is 11.3. The quantitative estimate of drug-likeness (QED) is 0.294. The summed E-state index contributed by atoms with van der Waals surface area (Å²) in [5, 5.41) is 2.65. The molecule has 0 bridgehead atoms. The molecule has 0 N–H and O–H groups in total. The van der Waals surface area contributed by atoms with Crippen molar-refractivity contribution in [1.82, 2.24) is 4.98 Å². The molecular formula is C30H31N. The molecule has 1 aliphatic rings. The van der Waals surface area contributed by atoms with Crippen LogP contribution in [0.2, 0.25) is 0 Å². The van der Waals surface area contributed by atoms with Crippen molar-refractivity contribution in [3.05, 3.63) is 88.6 Å². The molecule has 3 aromatic carbocycles. The molecule has 0 spiro atoms. The molecule has 0 unspecified atom stereocenters. The van der Waals surface area contributed by atoms with Crippen molar-refractivity contribution in [1.29, 1.82) is 0 Å². The van der Waals surface area contributed by atoms with Crippen LogP contribution in [0.3, 0.4) is 0 Å². The van der Waals surface area contributed by atoms with Crippen LogP contribution in [-0.4, -0.2) is 4.98 Å². The SMILES string of the molecule is Cc1cc2c(c(-c3nc(C(C)C)cc4c(CC(C)C)cccc34)c1)Cc1ccccc1-2. The van der Waals surface area contributed by atoms with Crippen molar-refractivity contribution < 1.29 is 0 Å². The Morgan fingerprint density at radius 2 is 1.58 bits per heavy atom. The van der Waals surface area contributed by atoms with Crippen LogP contribution in [0.5, 0.6) is 0 Å². The van der Waals surface area contributed by atoms with E-state index in [1.54, 1.807) is 0 Å². The second kappa shape index (κ2) is 7.64. The van der Waals surface area contributed by atoms with Crippen LogP contribution in [0.25, 0.3) is 33.2 Å². The summed E-state index contributed by atoms with van der Waals surface area (Å²) in [5.41, 5.74) is 12.0. The standard InChI is InChI=1S/C30H31N/c1-18(2)13-21-10-8-12-24-25(21)17-29(19(3)4)31-30(24)28-15-20(5)14-26-23-11-7-6-9-22(23)16-27(26)28/h6-12,14-15,17-19H,13,16H2,1-5H3. The molecule has 1 nitrogen and oxygen atoms in total. The van der Waals surface area contributed by atoms with Gasteiger partial charge in [0.1, 0.15) is 0 Å². The Kier molecular flexibility index (Phi) is 4.93. The van der Waals surface area contributed by atoms with Gasteiger partial charge < -0.3 is 0 Å². The van der Waals surface area contributed by atoms with Crippen LogP contribution in [-0.2, 0) is 12.8 Å². The van der Waals surface area contributed by atoms with Gasteiger partial charge in [-0.2, -0.15) is 0 Å². The van der Waals surface area contributed by atoms with E-state index in [1.165, 1.54) is 55.4 Å². The van der Waals surface area contributed by atoms with Crippen LogP contribution in [0.1, 0.15) is 61.6 Å². The van der Waals surface area contributed by atoms with E-state index in [4.69, 9.17) is 4.98 Å². The molecule has 0 amide bonds. The van der Waals surface area contributed by atoms with Crippen LogP contribution in [0.15, 0.2) is 60.7 Å². The van der Waals surface area contributed by atoms with E-state index in [9.17, 15) is 0 Å². The minimum atomic E-state index is 0.394. The number of hydrogen-bond acceptors (Lipinski definition) is 1. The Labute approximate surface area is 186 Å². The van der Waals surface area contributed by atoms with Crippen molar-refractivity contribution in [3.8, 4) is 22.4 Å². The summed E-state index contributed by atoms with van der Waals surface area (Å²) >= 11 is 0. The fourth-order valence-electron chi connectivity index (χ4n) is 5.06. The van der Waals surface area contributed by atoms with Crippen LogP contribution >= 0.6 is 0 Å². The zero-order valence-corrected chi connectivity index (χ0v) is 19.3. The summed E-state index contributed by atoms with van der Waals surface area (Å²) in [6.07, 6.45) is 2.08. The normalized spacial score (nSPS) is 12.6. The van der Waals surface area contributed by atoms with E-state index in [0.717, 1.165) is 18.5 Å². The molecule has 0 atom stereocenters. The molecule has 156 valence electrons. The lowest BCUT2D eigenvalue weighted by molar-refractivity contribution is 0.650. The Morgan fingerprint density at radius 1 is 0.806 bits per heavy atom. The molecule has 4 aromatic rings. The zero-order chi connectivity index (χ0) is 21.7. The van der Waals surface area contributed by atoms with Gasteiger partial charge in [-0.05, 0) is 82.5 Å². The maximum absolute atomic E-state index is 5.27. The Hall–Kier alpha value is -2.93. The lowest BCUT2D eigenvalue weighted by Crippen LogP contribution is -2.02. The second-order valence-electron chi connectivity index (χ2n) is 9.83. The first kappa shape index (κ1) is 20.0. The van der Waals surface area contributed by atoms with Crippen LogP contribution < -0.4 is 0 Å². The molecule has 5 rings (SSSR count). The van der Waals surface area contributed by atoms with Crippen molar-refractivity contribution in [3.63, 3.8) is 0 Å². The van der Waals surface area contributed by atoms with Crippen molar-refractivity contribution in [2.45, 2.75) is 53.4 Å². The number of benzene rings is 3. The molecule has 0 saturated carbocycles. The Morgan fingerprint density at radius 3 is 2.35 bits per heavy atom. The van der Waals surface area contributed by atoms with Gasteiger partial charge in [-0.3, -0.25) is 4.98 Å². The van der Waals surface area contributed by atoms with E-state index in [2.05, 4.69) is 95.3 Å². The Balaban J connectivity index is 1.81. The van der Waals surface area contributed by atoms with Crippen molar-refractivity contribution >= 4 is 10.8 Å². The minimum Gasteiger partial charge on any atom is -0.252 e. The van der Waals surface area contributed by atoms with Gasteiger partial charge in [0, 0.05) is 16.6 Å². The molecule has 0 fully saturated rings. The summed E-state index contributed by atoms with van der Waals surface area (Å²) in [6, 6.07) is 22.7. The maximum Gasteiger partial charge on any atom is 0.0787 e. The average Bonchev–Trinajstić information content (AvgIpc) is 3.11. The summed E-state index contributed by atoms with van der Waals surface area (Å²) in [5.74, 6) is 1.02. The molecular weight excluding hydrogens is 374 g/mol. The highest BCUT2D eigenvalue weighted by Crippen LogP contribution is 2.44. The third-order valence-electron chi connectivity index (χ3n) is 6.53. The summed E-state index contributed by atoms with van der Waals surface area (Å²) in [4.78, 5) is 5.27. The molecule has 0 saturated heterocycles. The second-order valence-corrected chi connectivity index (χ2v) is 9.83. The number of aromatic nitrogens is 1. The van der Waals surface area contributed by atoms with Crippen LogP contribution in [0.4, 0.5) is 0 Å². The lowest BCUT2D eigenvalue weighted by Gasteiger charge is -2.18. The number of rotatable bonds is 4. The molecule has 1 aromatic heterocycles. The molecule has 1 heteroatoms. The summed E-state index contributed by atoms with van der Waals surface area (Å²) in [7, 11) is 0. The van der Waals surface area contributed by atoms with Gasteiger partial charge in [0.05, 0.1) is 5.69 Å². The molecule has 1 heterocycles. The molecule has 0 aliphatic heterocycles. The molecule has 31 heavy (non-hydrogen) atoms. The van der Waals surface area contributed by atoms with E-state index in [1.807, 2.05) is 0 Å². The highest BCUT2D eigenvalue weighted by molar-refractivity contribution is 5.99. The highest BCUT2D eigenvalue weighted by atomic mass is 14.7. The monoisotopic (exact) mass is 405 g/mol. The lowest BCUT2D eigenvalue weighted by atomic mass is 9.90. The molecule has 1 aliphatic carbocycles. The highest BCUT2D eigenvalue weighted by Gasteiger charge is 2.24. The maximum atomic E-state index is 5.27. The predicted octanol–water partition coefficient (Wildman–Crippen LogP) is 8.10. The van der Waals surface area contributed by atoms with Crippen molar-refractivity contribution in [2.24, 2.45) is 5.92 Å². The van der Waals surface area contributed by atoms with Gasteiger partial charge in [0.15, 0.2) is 0 Å². The first-order valence-corrected chi connectivity index (χ1v) is 11.6. The Bertz CT molecular complexity index is 1290. The van der Waals surface area contributed by atoms with Gasteiger partial charge in [-0.15, -0.1) is 0 Å². The van der Waals surface area contributed by atoms with Gasteiger partial charge in [-0.25, -0.2) is 0 Å². The third kappa shape index (κ3) is 3.47. The number of hydrogen-bond donors (Lipinski definition) is 0. The van der Waals surface area contributed by atoms with E-state index in [-0.39, 0.29) is 0 Å². The van der Waals surface area contributed by atoms with Gasteiger partial charge in [-0.1, -0.05) is 76.2 Å². The minimum absolute atomic E-state index is 0.394. The van der Waals surface area contributed by atoms with E-state index in [0.29, 0.717) is 11.8 Å². The topological polar surface area (TPSA) is 12.9 Å². The van der Waals surface area contributed by atoms with Gasteiger partial charge in [0.25, 0.3) is 0 Å². The van der Waals surface area contributed by atoms with E-state index >= 15 is 0 Å². The van der Waals surface area contributed by atoms with Gasteiger partial charge in [0.2, 0.25) is 0 Å². The number of fused-ring (bicyclic) bond motifs is 4. The third-order valence-corrected chi connectivity index (χ3v) is 6.53. The number of aryl methyl sites for hydroxylation is 1. The first-order chi connectivity index (χ1) is 14.9. The zero-order valence-electron chi connectivity index (χ0n) is 19.3. The molecule has 0 radical (unpaired) electrons. The van der Waals surface area contributed by atoms with Crippen LogP contribution in [0, 0.1) is 12.8 Å². The fourth-order valence-corrected chi connectivity index (χ4v) is 5.06. The number of pyridine rings is 1. The summed E-state index contributed by atoms with van der Waals surface area (Å²) < 4.78 is 0. The van der Waals surface area contributed by atoms with Crippen molar-refractivity contribution in [2.75, 3.05) is 0 Å². The number of nitrogens with zero attached hydrogens (tertiary/aromatic N) is 1. The first-order valence-electron chi connectivity index (χ1n) is 11.6. The predicted molar refractivity (Wildman–Crippen MR) is 133 cm³/mol.